The fourth-order valence-corrected chi connectivity index (χ4v) is 3.11. The van der Waals surface area contributed by atoms with Gasteiger partial charge in [-0.05, 0) is 32.0 Å². The number of carbonyl (C=O) groups excluding carboxylic acids is 1. The molecular weight excluding hydrogens is 320 g/mol. The highest BCUT2D eigenvalue weighted by Gasteiger charge is 2.21. The van der Waals surface area contributed by atoms with E-state index in [1.54, 1.807) is 19.1 Å². The van der Waals surface area contributed by atoms with E-state index >= 15 is 0 Å². The Kier molecular flexibility index (Phi) is 5.30. The molecule has 0 bridgehead atoms. The Bertz CT molecular complexity index is 531. The van der Waals surface area contributed by atoms with E-state index in [1.807, 2.05) is 0 Å². The summed E-state index contributed by atoms with van der Waals surface area (Å²) < 4.78 is 27.0. The molecule has 0 saturated heterocycles. The summed E-state index contributed by atoms with van der Waals surface area (Å²) in [5.74, 6) is -0.351. The van der Waals surface area contributed by atoms with Gasteiger partial charge in [0.1, 0.15) is 0 Å². The maximum atomic E-state index is 12.0. The smallest absolute Gasteiger partial charge is 0.241 e. The third kappa shape index (κ3) is 4.08. The molecule has 0 fully saturated rings. The van der Waals surface area contributed by atoms with Crippen LogP contribution in [-0.4, -0.2) is 26.9 Å². The van der Waals surface area contributed by atoms with E-state index < -0.39 is 16.1 Å². The van der Waals surface area contributed by atoms with Gasteiger partial charge in [0, 0.05) is 11.0 Å². The highest BCUT2D eigenvalue weighted by Crippen LogP contribution is 2.16. The van der Waals surface area contributed by atoms with Crippen LogP contribution >= 0.6 is 15.9 Å². The Morgan fingerprint density at radius 2 is 2.11 bits per heavy atom. The van der Waals surface area contributed by atoms with Gasteiger partial charge in [-0.1, -0.05) is 22.0 Å². The number of amides is 1. The molecule has 0 spiro atoms. The zero-order valence-electron chi connectivity index (χ0n) is 10.1. The molecule has 7 heteroatoms. The molecule has 0 heterocycles. The second-order valence-corrected chi connectivity index (χ2v) is 6.32. The van der Waals surface area contributed by atoms with Gasteiger partial charge < -0.3 is 5.32 Å². The lowest BCUT2D eigenvalue weighted by molar-refractivity contribution is -0.122. The maximum absolute atomic E-state index is 12.0. The van der Waals surface area contributed by atoms with Crippen LogP contribution in [0.2, 0.25) is 0 Å². The van der Waals surface area contributed by atoms with Crippen LogP contribution in [0.25, 0.3) is 0 Å². The average molecular weight is 335 g/mol. The van der Waals surface area contributed by atoms with Crippen molar-refractivity contribution in [3.63, 3.8) is 0 Å². The zero-order valence-corrected chi connectivity index (χ0v) is 12.5. The van der Waals surface area contributed by atoms with Gasteiger partial charge in [0.2, 0.25) is 15.9 Å². The van der Waals surface area contributed by atoms with E-state index in [2.05, 4.69) is 26.0 Å². The van der Waals surface area contributed by atoms with Gasteiger partial charge in [0.15, 0.2) is 0 Å². The van der Waals surface area contributed by atoms with Gasteiger partial charge in [-0.2, -0.15) is 4.72 Å². The number of sulfonamides is 1. The molecule has 0 saturated carbocycles. The van der Waals surface area contributed by atoms with Crippen molar-refractivity contribution in [1.82, 2.24) is 10.0 Å². The second-order valence-electron chi connectivity index (χ2n) is 3.69. The van der Waals surface area contributed by atoms with Crippen molar-refractivity contribution >= 4 is 31.9 Å². The molecule has 0 aliphatic heterocycles. The molecule has 100 valence electrons. The van der Waals surface area contributed by atoms with Crippen molar-refractivity contribution in [2.24, 2.45) is 0 Å². The third-order valence-electron chi connectivity index (χ3n) is 2.18. The molecule has 1 atom stereocenters. The van der Waals surface area contributed by atoms with Crippen LogP contribution in [0.5, 0.6) is 0 Å². The van der Waals surface area contributed by atoms with Gasteiger partial charge in [0.05, 0.1) is 10.9 Å². The van der Waals surface area contributed by atoms with Crippen LogP contribution in [0.3, 0.4) is 0 Å². The van der Waals surface area contributed by atoms with Gasteiger partial charge in [0.25, 0.3) is 0 Å². The quantitative estimate of drug-likeness (QED) is 0.850. The lowest BCUT2D eigenvalue weighted by Gasteiger charge is -2.13. The van der Waals surface area contributed by atoms with Gasteiger partial charge in [-0.25, -0.2) is 8.42 Å². The van der Waals surface area contributed by atoms with E-state index in [0.717, 1.165) is 0 Å². The molecule has 1 rings (SSSR count). The number of rotatable bonds is 5. The van der Waals surface area contributed by atoms with Gasteiger partial charge >= 0.3 is 0 Å². The van der Waals surface area contributed by atoms with Crippen molar-refractivity contribution in [2.75, 3.05) is 6.54 Å². The normalized spacial score (nSPS) is 13.1. The van der Waals surface area contributed by atoms with E-state index in [4.69, 9.17) is 0 Å². The summed E-state index contributed by atoms with van der Waals surface area (Å²) in [5.41, 5.74) is 0. The monoisotopic (exact) mass is 334 g/mol. The Balaban J connectivity index is 2.86. The predicted molar refractivity (Wildman–Crippen MR) is 72.6 cm³/mol. The first-order chi connectivity index (χ1) is 8.36. The first-order valence-electron chi connectivity index (χ1n) is 5.42. The van der Waals surface area contributed by atoms with E-state index in [-0.39, 0.29) is 10.8 Å². The predicted octanol–water partition coefficient (Wildman–Crippen LogP) is 1.25. The number of likely N-dealkylation sites (N-methyl/N-ethyl adjacent to an activating group) is 1. The van der Waals surface area contributed by atoms with Crippen molar-refractivity contribution in [2.45, 2.75) is 24.8 Å². The molecule has 2 N–H and O–H groups in total. The molecule has 1 aromatic rings. The minimum atomic E-state index is -3.69. The Morgan fingerprint density at radius 3 is 2.67 bits per heavy atom. The van der Waals surface area contributed by atoms with E-state index in [9.17, 15) is 13.2 Å². The van der Waals surface area contributed by atoms with Crippen molar-refractivity contribution in [1.29, 1.82) is 0 Å². The second kappa shape index (κ2) is 6.31. The van der Waals surface area contributed by atoms with Crippen LogP contribution < -0.4 is 10.0 Å². The van der Waals surface area contributed by atoms with Crippen LogP contribution in [0, 0.1) is 0 Å². The van der Waals surface area contributed by atoms with Crippen molar-refractivity contribution in [3.8, 4) is 0 Å². The largest absolute Gasteiger partial charge is 0.355 e. The summed E-state index contributed by atoms with van der Waals surface area (Å²) in [7, 11) is -3.69. The number of halogens is 1. The number of carbonyl (C=O) groups is 1. The van der Waals surface area contributed by atoms with E-state index in [1.165, 1.54) is 19.1 Å². The number of hydrogen-bond acceptors (Lipinski definition) is 3. The summed E-state index contributed by atoms with van der Waals surface area (Å²) >= 11 is 3.20. The number of nitrogens with one attached hydrogen (secondary N) is 2. The SMILES string of the molecule is CCNC(=O)C(C)NS(=O)(=O)c1cccc(Br)c1. The number of benzene rings is 1. The van der Waals surface area contributed by atoms with Gasteiger partial charge in [-0.15, -0.1) is 0 Å². The van der Waals surface area contributed by atoms with Crippen LogP contribution in [-0.2, 0) is 14.8 Å². The molecular formula is C11H15BrN2O3S. The molecule has 1 aromatic carbocycles. The van der Waals surface area contributed by atoms with Gasteiger partial charge in [-0.3, -0.25) is 4.79 Å². The Hall–Kier alpha value is -0.920. The molecule has 0 aromatic heterocycles. The zero-order chi connectivity index (χ0) is 13.8. The highest BCUT2D eigenvalue weighted by atomic mass is 79.9. The Labute approximate surface area is 115 Å². The lowest BCUT2D eigenvalue weighted by Crippen LogP contribution is -2.44. The van der Waals surface area contributed by atoms with Crippen molar-refractivity contribution in [3.05, 3.63) is 28.7 Å². The fourth-order valence-electron chi connectivity index (χ4n) is 1.32. The molecule has 1 unspecified atom stereocenters. The molecule has 0 aliphatic carbocycles. The fraction of sp³-hybridized carbons (Fsp3) is 0.364. The van der Waals surface area contributed by atoms with Crippen molar-refractivity contribution < 1.29 is 13.2 Å². The van der Waals surface area contributed by atoms with E-state index in [0.29, 0.717) is 11.0 Å². The van der Waals surface area contributed by atoms with Crippen LogP contribution in [0.1, 0.15) is 13.8 Å². The minimum absolute atomic E-state index is 0.119. The third-order valence-corrected chi connectivity index (χ3v) is 4.21. The van der Waals surface area contributed by atoms with Crippen LogP contribution in [0.4, 0.5) is 0 Å². The summed E-state index contributed by atoms with van der Waals surface area (Å²) in [5, 5.41) is 2.56. The summed E-state index contributed by atoms with van der Waals surface area (Å²) in [4.78, 5) is 11.6. The molecule has 0 radical (unpaired) electrons. The highest BCUT2D eigenvalue weighted by molar-refractivity contribution is 9.10. The summed E-state index contributed by atoms with van der Waals surface area (Å²) in [6, 6.07) is 5.49. The molecule has 0 aliphatic rings. The standard InChI is InChI=1S/C11H15BrN2O3S/c1-3-13-11(15)8(2)14-18(16,17)10-6-4-5-9(12)7-10/h4-8,14H,3H2,1-2H3,(H,13,15). The molecule has 18 heavy (non-hydrogen) atoms. The summed E-state index contributed by atoms with van der Waals surface area (Å²) in [6.45, 7) is 3.73. The topological polar surface area (TPSA) is 75.3 Å². The Morgan fingerprint density at radius 1 is 1.44 bits per heavy atom. The summed E-state index contributed by atoms with van der Waals surface area (Å²) in [6.07, 6.45) is 0. The first-order valence-corrected chi connectivity index (χ1v) is 7.70. The molecule has 5 nitrogen and oxygen atoms in total. The average Bonchev–Trinajstić information content (AvgIpc) is 2.28. The minimum Gasteiger partial charge on any atom is -0.355 e. The van der Waals surface area contributed by atoms with Crippen LogP contribution in [0.15, 0.2) is 33.6 Å². The number of hydrogen-bond donors (Lipinski definition) is 2. The lowest BCUT2D eigenvalue weighted by atomic mass is 10.3. The first kappa shape index (κ1) is 15.1. The molecule has 1 amide bonds. The maximum Gasteiger partial charge on any atom is 0.241 e.